The van der Waals surface area contributed by atoms with Gasteiger partial charge in [-0.25, -0.2) is 4.98 Å². The largest absolute Gasteiger partial charge is 0.497 e. The van der Waals surface area contributed by atoms with Crippen LogP contribution in [0.4, 0.5) is 0 Å². The summed E-state index contributed by atoms with van der Waals surface area (Å²) in [6, 6.07) is 8.20. The maximum absolute atomic E-state index is 5.33. The van der Waals surface area contributed by atoms with E-state index in [4.69, 9.17) is 4.74 Å². The Hall–Kier alpha value is -2.08. The fourth-order valence-electron chi connectivity index (χ4n) is 2.42. The summed E-state index contributed by atoms with van der Waals surface area (Å²) >= 11 is 1.74. The van der Waals surface area contributed by atoms with E-state index in [1.165, 1.54) is 10.4 Å². The molecule has 5 nitrogen and oxygen atoms in total. The van der Waals surface area contributed by atoms with Gasteiger partial charge in [0.05, 0.1) is 13.7 Å². The lowest BCUT2D eigenvalue weighted by molar-refractivity contribution is 0.411. The normalized spacial score (nSPS) is 12.1. The number of nitrogens with zero attached hydrogens (tertiary/aromatic N) is 2. The molecular formula is C19H28N4OS. The second kappa shape index (κ2) is 8.85. The summed E-state index contributed by atoms with van der Waals surface area (Å²) in [6.45, 7) is 8.00. The standard InChI is InChI=1S/C19H28N4OS/c1-6-16-11-21-17(25-16)12-22-18(20-4)23-13-19(2,3)14-8-7-9-15(10-14)24-5/h7-11H,6,12-13H2,1-5H3,(H2,20,22,23). The van der Waals surface area contributed by atoms with Gasteiger partial charge in [0.15, 0.2) is 5.96 Å². The van der Waals surface area contributed by atoms with Crippen LogP contribution in [0.2, 0.25) is 0 Å². The first-order valence-electron chi connectivity index (χ1n) is 8.51. The maximum Gasteiger partial charge on any atom is 0.191 e. The Bertz CT molecular complexity index is 709. The number of rotatable bonds is 7. The third-order valence-electron chi connectivity index (χ3n) is 4.13. The Kier molecular flexibility index (Phi) is 6.82. The average molecular weight is 361 g/mol. The third-order valence-corrected chi connectivity index (χ3v) is 5.27. The van der Waals surface area contributed by atoms with Crippen molar-refractivity contribution in [3.63, 3.8) is 0 Å². The van der Waals surface area contributed by atoms with E-state index in [0.29, 0.717) is 6.54 Å². The Balaban J connectivity index is 1.92. The van der Waals surface area contributed by atoms with E-state index >= 15 is 0 Å². The molecule has 0 aliphatic rings. The predicted octanol–water partition coefficient (Wildman–Crippen LogP) is 3.36. The van der Waals surface area contributed by atoms with E-state index in [1.54, 1.807) is 25.5 Å². The van der Waals surface area contributed by atoms with Crippen molar-refractivity contribution >= 4 is 17.3 Å². The van der Waals surface area contributed by atoms with E-state index in [9.17, 15) is 0 Å². The third kappa shape index (κ3) is 5.46. The lowest BCUT2D eigenvalue weighted by atomic mass is 9.84. The quantitative estimate of drug-likeness (QED) is 0.587. The summed E-state index contributed by atoms with van der Waals surface area (Å²) < 4.78 is 5.33. The second-order valence-corrected chi connectivity index (χ2v) is 7.67. The van der Waals surface area contributed by atoms with E-state index in [-0.39, 0.29) is 5.41 Å². The highest BCUT2D eigenvalue weighted by Gasteiger charge is 2.21. The number of methoxy groups -OCH3 is 1. The second-order valence-electron chi connectivity index (χ2n) is 6.47. The van der Waals surface area contributed by atoms with E-state index in [1.807, 2.05) is 18.3 Å². The molecule has 0 spiro atoms. The van der Waals surface area contributed by atoms with Gasteiger partial charge < -0.3 is 15.4 Å². The van der Waals surface area contributed by atoms with Gasteiger partial charge >= 0.3 is 0 Å². The van der Waals surface area contributed by atoms with E-state index < -0.39 is 0 Å². The van der Waals surface area contributed by atoms with Crippen molar-refractivity contribution in [2.75, 3.05) is 20.7 Å². The highest BCUT2D eigenvalue weighted by Crippen LogP contribution is 2.25. The van der Waals surface area contributed by atoms with Crippen molar-refractivity contribution in [3.8, 4) is 5.75 Å². The molecule has 2 N–H and O–H groups in total. The Morgan fingerprint density at radius 1 is 1.32 bits per heavy atom. The van der Waals surface area contributed by atoms with Gasteiger partial charge in [-0.2, -0.15) is 0 Å². The summed E-state index contributed by atoms with van der Waals surface area (Å²) in [5.41, 5.74) is 1.17. The van der Waals surface area contributed by atoms with Crippen molar-refractivity contribution < 1.29 is 4.74 Å². The number of thiazole rings is 1. The number of guanidine groups is 1. The summed E-state index contributed by atoms with van der Waals surface area (Å²) in [6.07, 6.45) is 2.98. The molecule has 2 aromatic rings. The molecule has 0 bridgehead atoms. The van der Waals surface area contributed by atoms with Crippen LogP contribution in [0.3, 0.4) is 0 Å². The minimum atomic E-state index is -0.0529. The zero-order valence-electron chi connectivity index (χ0n) is 15.7. The first-order valence-corrected chi connectivity index (χ1v) is 9.32. The Morgan fingerprint density at radius 3 is 2.76 bits per heavy atom. The highest BCUT2D eigenvalue weighted by atomic mass is 32.1. The van der Waals surface area contributed by atoms with Gasteiger partial charge in [0.1, 0.15) is 10.8 Å². The van der Waals surface area contributed by atoms with Gasteiger partial charge in [-0.1, -0.05) is 32.9 Å². The molecule has 6 heteroatoms. The molecule has 1 heterocycles. The topological polar surface area (TPSA) is 58.5 Å². The molecule has 0 atom stereocenters. The molecule has 0 aliphatic carbocycles. The maximum atomic E-state index is 5.33. The molecule has 0 radical (unpaired) electrons. The number of benzene rings is 1. The zero-order valence-corrected chi connectivity index (χ0v) is 16.5. The number of nitrogens with one attached hydrogen (secondary N) is 2. The number of aromatic nitrogens is 1. The summed E-state index contributed by atoms with van der Waals surface area (Å²) in [7, 11) is 3.48. The van der Waals surface area contributed by atoms with Crippen molar-refractivity contribution in [3.05, 3.63) is 45.9 Å². The molecule has 0 saturated carbocycles. The molecule has 0 saturated heterocycles. The van der Waals surface area contributed by atoms with Crippen LogP contribution in [-0.2, 0) is 18.4 Å². The minimum Gasteiger partial charge on any atom is -0.497 e. The molecule has 0 amide bonds. The number of aliphatic imine (C=N–C) groups is 1. The number of aryl methyl sites for hydroxylation is 1. The molecule has 0 unspecified atom stereocenters. The fraction of sp³-hybridized carbons (Fsp3) is 0.474. The minimum absolute atomic E-state index is 0.0529. The zero-order chi connectivity index (χ0) is 18.3. The monoisotopic (exact) mass is 360 g/mol. The lowest BCUT2D eigenvalue weighted by Crippen LogP contribution is -2.43. The lowest BCUT2D eigenvalue weighted by Gasteiger charge is -2.27. The van der Waals surface area contributed by atoms with Crippen LogP contribution in [0.25, 0.3) is 0 Å². The molecular weight excluding hydrogens is 332 g/mol. The SMILES string of the molecule is CCc1cnc(CNC(=NC)NCC(C)(C)c2cccc(OC)c2)s1. The summed E-state index contributed by atoms with van der Waals surface area (Å²) in [5, 5.41) is 7.82. The molecule has 1 aromatic carbocycles. The molecule has 1 aromatic heterocycles. The van der Waals surface area contributed by atoms with Gasteiger partial charge in [0.2, 0.25) is 0 Å². The number of hydrogen-bond acceptors (Lipinski definition) is 4. The van der Waals surface area contributed by atoms with Gasteiger partial charge in [-0.05, 0) is 24.1 Å². The predicted molar refractivity (Wildman–Crippen MR) is 106 cm³/mol. The average Bonchev–Trinajstić information content (AvgIpc) is 3.10. The van der Waals surface area contributed by atoms with Gasteiger partial charge in [-0.3, -0.25) is 4.99 Å². The summed E-state index contributed by atoms with van der Waals surface area (Å²) in [4.78, 5) is 10.0. The first-order chi connectivity index (χ1) is 12.0. The highest BCUT2D eigenvalue weighted by molar-refractivity contribution is 7.11. The van der Waals surface area contributed by atoms with Crippen LogP contribution in [0.5, 0.6) is 5.75 Å². The van der Waals surface area contributed by atoms with Crippen LogP contribution in [0, 0.1) is 0 Å². The van der Waals surface area contributed by atoms with Crippen LogP contribution >= 0.6 is 11.3 Å². The molecule has 25 heavy (non-hydrogen) atoms. The van der Waals surface area contributed by atoms with Crippen LogP contribution in [-0.4, -0.2) is 31.6 Å². The van der Waals surface area contributed by atoms with E-state index in [2.05, 4.69) is 53.5 Å². The van der Waals surface area contributed by atoms with Gasteiger partial charge in [0.25, 0.3) is 0 Å². The molecule has 2 rings (SSSR count). The smallest absolute Gasteiger partial charge is 0.191 e. The fourth-order valence-corrected chi connectivity index (χ4v) is 3.23. The summed E-state index contributed by atoms with van der Waals surface area (Å²) in [5.74, 6) is 1.66. The molecule has 0 aliphatic heterocycles. The Labute approximate surface area is 154 Å². The first kappa shape index (κ1) is 19.2. The van der Waals surface area contributed by atoms with Crippen LogP contribution in [0.15, 0.2) is 35.5 Å². The number of hydrogen-bond donors (Lipinski definition) is 2. The van der Waals surface area contributed by atoms with Crippen LogP contribution < -0.4 is 15.4 Å². The van der Waals surface area contributed by atoms with Crippen molar-refractivity contribution in [2.45, 2.75) is 39.2 Å². The van der Waals surface area contributed by atoms with Crippen LogP contribution in [0.1, 0.15) is 36.2 Å². The van der Waals surface area contributed by atoms with E-state index in [0.717, 1.165) is 29.7 Å². The molecule has 136 valence electrons. The number of ether oxygens (including phenoxy) is 1. The van der Waals surface area contributed by atoms with Gasteiger partial charge in [-0.15, -0.1) is 11.3 Å². The van der Waals surface area contributed by atoms with Gasteiger partial charge in [0, 0.05) is 30.1 Å². The van der Waals surface area contributed by atoms with Crippen molar-refractivity contribution in [1.82, 2.24) is 15.6 Å². The van der Waals surface area contributed by atoms with Crippen molar-refractivity contribution in [2.24, 2.45) is 4.99 Å². The van der Waals surface area contributed by atoms with Crippen molar-refractivity contribution in [1.29, 1.82) is 0 Å². The molecule has 0 fully saturated rings. The Morgan fingerprint density at radius 2 is 2.12 bits per heavy atom.